The zero-order valence-corrected chi connectivity index (χ0v) is 16.6. The van der Waals surface area contributed by atoms with E-state index in [-0.39, 0.29) is 5.91 Å². The van der Waals surface area contributed by atoms with Gasteiger partial charge in [-0.15, -0.1) is 0 Å². The van der Waals surface area contributed by atoms with Crippen molar-refractivity contribution >= 4 is 11.7 Å². The SMILES string of the molecule is CNc1nc(C2CCN(C)CC2)nc2c1CCN(C(=O)CC1C=CCC1)C2. The molecule has 0 spiro atoms. The van der Waals surface area contributed by atoms with Crippen molar-refractivity contribution in [2.24, 2.45) is 5.92 Å². The predicted molar refractivity (Wildman–Crippen MR) is 107 cm³/mol. The molecule has 0 saturated carbocycles. The third-order valence-electron chi connectivity index (χ3n) is 6.30. The molecule has 6 nitrogen and oxygen atoms in total. The molecule has 4 rings (SSSR count). The molecule has 1 fully saturated rings. The lowest BCUT2D eigenvalue weighted by Crippen LogP contribution is -2.38. The van der Waals surface area contributed by atoms with Gasteiger partial charge in [-0.05, 0) is 58.2 Å². The van der Waals surface area contributed by atoms with E-state index in [4.69, 9.17) is 9.97 Å². The van der Waals surface area contributed by atoms with Crippen LogP contribution in [0.15, 0.2) is 12.2 Å². The number of rotatable bonds is 4. The maximum absolute atomic E-state index is 12.8. The molecule has 1 aliphatic carbocycles. The average Bonchev–Trinajstić information content (AvgIpc) is 3.20. The molecule has 0 aromatic carbocycles. The second-order valence-electron chi connectivity index (χ2n) is 8.22. The lowest BCUT2D eigenvalue weighted by molar-refractivity contribution is -0.132. The molecule has 6 heteroatoms. The van der Waals surface area contributed by atoms with Gasteiger partial charge in [0.2, 0.25) is 5.91 Å². The third kappa shape index (κ3) is 4.00. The van der Waals surface area contributed by atoms with Crippen molar-refractivity contribution in [2.75, 3.05) is 39.0 Å². The number of allylic oxidation sites excluding steroid dienone is 2. The van der Waals surface area contributed by atoms with Crippen molar-refractivity contribution < 1.29 is 4.79 Å². The summed E-state index contributed by atoms with van der Waals surface area (Å²) in [5.74, 6) is 3.03. The van der Waals surface area contributed by atoms with Crippen LogP contribution in [0.25, 0.3) is 0 Å². The summed E-state index contributed by atoms with van der Waals surface area (Å²) in [5, 5.41) is 3.27. The summed E-state index contributed by atoms with van der Waals surface area (Å²) in [5.41, 5.74) is 2.24. The molecule has 3 heterocycles. The highest BCUT2D eigenvalue weighted by molar-refractivity contribution is 5.77. The second kappa shape index (κ2) is 7.97. The summed E-state index contributed by atoms with van der Waals surface area (Å²) in [7, 11) is 4.11. The van der Waals surface area contributed by atoms with Gasteiger partial charge < -0.3 is 15.1 Å². The van der Waals surface area contributed by atoms with Crippen LogP contribution in [-0.2, 0) is 17.8 Å². The Bertz CT molecular complexity index is 724. The highest BCUT2D eigenvalue weighted by atomic mass is 16.2. The Morgan fingerprint density at radius 1 is 1.22 bits per heavy atom. The number of hydrogen-bond acceptors (Lipinski definition) is 5. The van der Waals surface area contributed by atoms with Gasteiger partial charge in [0.25, 0.3) is 0 Å². The van der Waals surface area contributed by atoms with Gasteiger partial charge in [-0.3, -0.25) is 4.79 Å². The summed E-state index contributed by atoms with van der Waals surface area (Å²) < 4.78 is 0. The van der Waals surface area contributed by atoms with Crippen molar-refractivity contribution in [1.82, 2.24) is 19.8 Å². The topological polar surface area (TPSA) is 61.4 Å². The number of likely N-dealkylation sites (tertiary alicyclic amines) is 1. The number of piperidine rings is 1. The summed E-state index contributed by atoms with van der Waals surface area (Å²) in [4.78, 5) is 26.9. The first-order valence-electron chi connectivity index (χ1n) is 10.3. The molecule has 1 amide bonds. The maximum Gasteiger partial charge on any atom is 0.223 e. The normalized spacial score (nSPS) is 23.5. The molecule has 1 aromatic rings. The molecule has 1 saturated heterocycles. The molecule has 0 radical (unpaired) electrons. The first kappa shape index (κ1) is 18.4. The van der Waals surface area contributed by atoms with Gasteiger partial charge in [0.15, 0.2) is 0 Å². The number of fused-ring (bicyclic) bond motifs is 1. The van der Waals surface area contributed by atoms with E-state index in [2.05, 4.69) is 29.4 Å². The zero-order chi connectivity index (χ0) is 18.8. The summed E-state index contributed by atoms with van der Waals surface area (Å²) in [6, 6.07) is 0. The number of aromatic nitrogens is 2. The van der Waals surface area contributed by atoms with Crippen LogP contribution >= 0.6 is 0 Å². The fraction of sp³-hybridized carbons (Fsp3) is 0.667. The van der Waals surface area contributed by atoms with Crippen LogP contribution in [0.3, 0.4) is 0 Å². The number of hydrogen-bond donors (Lipinski definition) is 1. The minimum atomic E-state index is 0.266. The average molecular weight is 370 g/mol. The van der Waals surface area contributed by atoms with E-state index in [1.807, 2.05) is 11.9 Å². The molecule has 3 aliphatic rings. The number of nitrogens with one attached hydrogen (secondary N) is 1. The Morgan fingerprint density at radius 2 is 2.04 bits per heavy atom. The van der Waals surface area contributed by atoms with Crippen LogP contribution in [0, 0.1) is 5.92 Å². The van der Waals surface area contributed by atoms with Gasteiger partial charge in [0, 0.05) is 31.5 Å². The van der Waals surface area contributed by atoms with E-state index in [9.17, 15) is 4.79 Å². The number of anilines is 1. The maximum atomic E-state index is 12.8. The number of nitrogens with zero attached hydrogens (tertiary/aromatic N) is 4. The summed E-state index contributed by atoms with van der Waals surface area (Å²) >= 11 is 0. The predicted octanol–water partition coefficient (Wildman–Crippen LogP) is 2.57. The van der Waals surface area contributed by atoms with E-state index in [0.29, 0.717) is 24.8 Å². The van der Waals surface area contributed by atoms with Crippen molar-refractivity contribution in [2.45, 2.75) is 51.0 Å². The molecule has 1 unspecified atom stereocenters. The quantitative estimate of drug-likeness (QED) is 0.827. The minimum absolute atomic E-state index is 0.266. The van der Waals surface area contributed by atoms with Gasteiger partial charge in [-0.2, -0.15) is 0 Å². The van der Waals surface area contributed by atoms with Gasteiger partial charge in [-0.1, -0.05) is 12.2 Å². The highest BCUT2D eigenvalue weighted by Gasteiger charge is 2.28. The molecule has 0 bridgehead atoms. The standard InChI is InChI=1S/C21H31N5O/c1-22-21-17-9-12-26(19(27)13-15-5-3-4-6-15)14-18(17)23-20(24-21)16-7-10-25(2)11-8-16/h3,5,15-16H,4,6-14H2,1-2H3,(H,22,23,24). The van der Waals surface area contributed by atoms with Crippen LogP contribution in [-0.4, -0.2) is 59.4 Å². The van der Waals surface area contributed by atoms with Crippen molar-refractivity contribution in [1.29, 1.82) is 0 Å². The molecule has 1 N–H and O–H groups in total. The van der Waals surface area contributed by atoms with Gasteiger partial charge in [-0.25, -0.2) is 9.97 Å². The smallest absolute Gasteiger partial charge is 0.223 e. The van der Waals surface area contributed by atoms with Crippen LogP contribution in [0.2, 0.25) is 0 Å². The number of carbonyl (C=O) groups excluding carboxylic acids is 1. The summed E-state index contributed by atoms with van der Waals surface area (Å²) in [6.07, 6.45) is 10.3. The van der Waals surface area contributed by atoms with E-state index < -0.39 is 0 Å². The fourth-order valence-corrected chi connectivity index (χ4v) is 4.54. The zero-order valence-electron chi connectivity index (χ0n) is 16.6. The first-order valence-corrected chi connectivity index (χ1v) is 10.3. The molecule has 27 heavy (non-hydrogen) atoms. The Kier molecular flexibility index (Phi) is 5.43. The Hall–Kier alpha value is -1.95. The fourth-order valence-electron chi connectivity index (χ4n) is 4.54. The molecular weight excluding hydrogens is 338 g/mol. The first-order chi connectivity index (χ1) is 13.1. The number of carbonyl (C=O) groups is 1. The highest BCUT2D eigenvalue weighted by Crippen LogP contribution is 2.31. The third-order valence-corrected chi connectivity index (χ3v) is 6.30. The van der Waals surface area contributed by atoms with Crippen molar-refractivity contribution in [3.05, 3.63) is 29.2 Å². The minimum Gasteiger partial charge on any atom is -0.373 e. The molecule has 1 aromatic heterocycles. The van der Waals surface area contributed by atoms with Crippen LogP contribution in [0.1, 0.15) is 55.1 Å². The largest absolute Gasteiger partial charge is 0.373 e. The van der Waals surface area contributed by atoms with Gasteiger partial charge in [0.1, 0.15) is 11.6 Å². The van der Waals surface area contributed by atoms with Crippen LogP contribution in [0.5, 0.6) is 0 Å². The van der Waals surface area contributed by atoms with E-state index in [1.165, 1.54) is 5.56 Å². The Morgan fingerprint density at radius 3 is 2.74 bits per heavy atom. The van der Waals surface area contributed by atoms with E-state index in [0.717, 1.165) is 69.1 Å². The molecule has 146 valence electrons. The molecule has 2 aliphatic heterocycles. The molecular formula is C21H31N5O. The molecule has 1 atom stereocenters. The Balaban J connectivity index is 1.51. The van der Waals surface area contributed by atoms with Gasteiger partial charge in [0.05, 0.1) is 12.2 Å². The van der Waals surface area contributed by atoms with Gasteiger partial charge >= 0.3 is 0 Å². The van der Waals surface area contributed by atoms with E-state index >= 15 is 0 Å². The van der Waals surface area contributed by atoms with E-state index in [1.54, 1.807) is 0 Å². The van der Waals surface area contributed by atoms with Crippen molar-refractivity contribution in [3.8, 4) is 0 Å². The van der Waals surface area contributed by atoms with Crippen LogP contribution < -0.4 is 5.32 Å². The summed E-state index contributed by atoms with van der Waals surface area (Å²) in [6.45, 7) is 3.59. The van der Waals surface area contributed by atoms with Crippen molar-refractivity contribution in [3.63, 3.8) is 0 Å². The lowest BCUT2D eigenvalue weighted by atomic mass is 9.95. The second-order valence-corrected chi connectivity index (χ2v) is 8.22. The monoisotopic (exact) mass is 369 g/mol. The Labute approximate surface area is 162 Å². The number of amides is 1. The lowest BCUT2D eigenvalue weighted by Gasteiger charge is -2.32. The van der Waals surface area contributed by atoms with Crippen LogP contribution in [0.4, 0.5) is 5.82 Å².